The van der Waals surface area contributed by atoms with E-state index in [2.05, 4.69) is 84.9 Å². The van der Waals surface area contributed by atoms with Crippen molar-refractivity contribution in [2.45, 2.75) is 72.5 Å². The maximum Gasteiger partial charge on any atom is 0.127 e. The Hall–Kier alpha value is -2.94. The molecule has 3 aromatic carbocycles. The van der Waals surface area contributed by atoms with E-state index in [9.17, 15) is 0 Å². The highest BCUT2D eigenvalue weighted by Gasteiger charge is 2.45. The van der Waals surface area contributed by atoms with E-state index in [-0.39, 0.29) is 11.5 Å². The van der Waals surface area contributed by atoms with Crippen molar-refractivity contribution in [2.75, 3.05) is 7.11 Å². The molecular weight excluding hydrogens is 408 g/mol. The number of benzene rings is 3. The van der Waals surface area contributed by atoms with Crippen LogP contribution in [0, 0.1) is 20.8 Å². The number of fused-ring (bicyclic) bond motifs is 1. The van der Waals surface area contributed by atoms with Crippen LogP contribution in [0.2, 0.25) is 0 Å². The second kappa shape index (κ2) is 8.78. The molecule has 0 spiro atoms. The molecule has 0 saturated carbocycles. The monoisotopic (exact) mass is 444 g/mol. The minimum absolute atomic E-state index is 0.149. The molecule has 3 aromatic rings. The number of methoxy groups -OCH3 is 1. The first-order valence-electron chi connectivity index (χ1n) is 11.8. The lowest BCUT2D eigenvalue weighted by molar-refractivity contribution is 0.121. The zero-order valence-electron chi connectivity index (χ0n) is 21.2. The summed E-state index contributed by atoms with van der Waals surface area (Å²) in [6.07, 6.45) is 0. The maximum atomic E-state index is 6.61. The normalized spacial score (nSPS) is 16.5. The lowest BCUT2D eigenvalue weighted by Gasteiger charge is -2.27. The van der Waals surface area contributed by atoms with Gasteiger partial charge in [-0.3, -0.25) is 0 Å². The van der Waals surface area contributed by atoms with Crippen molar-refractivity contribution in [1.82, 2.24) is 0 Å². The van der Waals surface area contributed by atoms with Crippen LogP contribution < -0.4 is 14.2 Å². The van der Waals surface area contributed by atoms with Gasteiger partial charge in [0.05, 0.1) is 13.0 Å². The molecule has 1 aliphatic rings. The fourth-order valence-corrected chi connectivity index (χ4v) is 5.00. The zero-order valence-corrected chi connectivity index (χ0v) is 21.2. The highest BCUT2D eigenvalue weighted by molar-refractivity contribution is 5.64. The molecule has 174 valence electrons. The third-order valence-corrected chi connectivity index (χ3v) is 7.06. The van der Waals surface area contributed by atoms with E-state index in [4.69, 9.17) is 14.2 Å². The lowest BCUT2D eigenvalue weighted by Crippen LogP contribution is -2.31. The highest BCUT2D eigenvalue weighted by atomic mass is 16.5. The average molecular weight is 445 g/mol. The van der Waals surface area contributed by atoms with Crippen LogP contribution in [-0.2, 0) is 6.61 Å². The van der Waals surface area contributed by atoms with Gasteiger partial charge in [0.2, 0.25) is 0 Å². The van der Waals surface area contributed by atoms with E-state index in [1.54, 1.807) is 7.11 Å². The van der Waals surface area contributed by atoms with Crippen LogP contribution in [-0.4, -0.2) is 12.7 Å². The molecule has 0 aromatic heterocycles. The molecule has 0 aliphatic carbocycles. The predicted molar refractivity (Wildman–Crippen MR) is 135 cm³/mol. The molecule has 1 heterocycles. The van der Waals surface area contributed by atoms with Gasteiger partial charge in [0.1, 0.15) is 29.5 Å². The molecule has 3 heteroatoms. The SMILES string of the molecule is COc1ccc(COc2c(C)c(C)c3c(c2C)C(c2ccc(C(C)C)cc2)C(C)(C)O3)cc1. The van der Waals surface area contributed by atoms with Crippen molar-refractivity contribution >= 4 is 0 Å². The Balaban J connectivity index is 1.74. The van der Waals surface area contributed by atoms with Crippen molar-refractivity contribution in [3.05, 3.63) is 87.5 Å². The van der Waals surface area contributed by atoms with Crippen molar-refractivity contribution in [3.63, 3.8) is 0 Å². The quantitative estimate of drug-likeness (QED) is 0.391. The predicted octanol–water partition coefficient (Wildman–Crippen LogP) is 7.63. The molecule has 0 fully saturated rings. The first kappa shape index (κ1) is 23.2. The topological polar surface area (TPSA) is 27.7 Å². The van der Waals surface area contributed by atoms with Gasteiger partial charge in [-0.05, 0) is 86.1 Å². The van der Waals surface area contributed by atoms with Crippen LogP contribution in [0.5, 0.6) is 17.2 Å². The smallest absolute Gasteiger partial charge is 0.127 e. The van der Waals surface area contributed by atoms with Crippen LogP contribution in [0.4, 0.5) is 0 Å². The van der Waals surface area contributed by atoms with Gasteiger partial charge in [-0.1, -0.05) is 50.2 Å². The Labute approximate surface area is 198 Å². The summed E-state index contributed by atoms with van der Waals surface area (Å²) in [7, 11) is 1.68. The van der Waals surface area contributed by atoms with E-state index in [1.165, 1.54) is 22.3 Å². The third kappa shape index (κ3) is 4.21. The molecule has 33 heavy (non-hydrogen) atoms. The summed E-state index contributed by atoms with van der Waals surface area (Å²) in [6.45, 7) is 15.8. The number of hydrogen-bond donors (Lipinski definition) is 0. The van der Waals surface area contributed by atoms with Gasteiger partial charge in [0, 0.05) is 5.56 Å². The summed E-state index contributed by atoms with van der Waals surface area (Å²) >= 11 is 0. The van der Waals surface area contributed by atoms with Crippen molar-refractivity contribution < 1.29 is 14.2 Å². The van der Waals surface area contributed by atoms with E-state index >= 15 is 0 Å². The van der Waals surface area contributed by atoms with Crippen LogP contribution in [0.1, 0.15) is 78.5 Å². The molecule has 0 bridgehead atoms. The number of rotatable bonds is 6. The standard InChI is InChI=1S/C30H36O3/c1-18(2)23-11-13-24(14-12-23)27-26-21(5)28(19(3)20(4)29(26)33-30(27,6)7)32-17-22-9-15-25(31-8)16-10-22/h9-16,18,27H,17H2,1-8H3. The molecule has 1 unspecified atom stereocenters. The van der Waals surface area contributed by atoms with Crippen molar-refractivity contribution in [3.8, 4) is 17.2 Å². The number of hydrogen-bond acceptors (Lipinski definition) is 3. The molecule has 3 nitrogen and oxygen atoms in total. The average Bonchev–Trinajstić information content (AvgIpc) is 3.09. The molecule has 4 rings (SSSR count). The second-order valence-corrected chi connectivity index (χ2v) is 10.0. The first-order valence-corrected chi connectivity index (χ1v) is 11.8. The molecule has 0 amide bonds. The summed E-state index contributed by atoms with van der Waals surface area (Å²) in [5.74, 6) is 3.50. The number of ether oxygens (including phenoxy) is 3. The molecular formula is C30H36O3. The fraction of sp³-hybridized carbons (Fsp3) is 0.400. The zero-order chi connectivity index (χ0) is 23.9. The minimum atomic E-state index is -0.335. The van der Waals surface area contributed by atoms with Crippen LogP contribution in [0.3, 0.4) is 0 Å². The summed E-state index contributed by atoms with van der Waals surface area (Å²) in [5.41, 5.74) is 8.16. The lowest BCUT2D eigenvalue weighted by atomic mass is 9.78. The Morgan fingerprint density at radius 2 is 1.52 bits per heavy atom. The van der Waals surface area contributed by atoms with Crippen LogP contribution in [0.25, 0.3) is 0 Å². The Morgan fingerprint density at radius 1 is 0.879 bits per heavy atom. The van der Waals surface area contributed by atoms with E-state index in [0.29, 0.717) is 12.5 Å². The van der Waals surface area contributed by atoms with Crippen molar-refractivity contribution in [2.24, 2.45) is 0 Å². The van der Waals surface area contributed by atoms with Gasteiger partial charge in [-0.25, -0.2) is 0 Å². The van der Waals surface area contributed by atoms with Crippen LogP contribution >= 0.6 is 0 Å². The van der Waals surface area contributed by atoms with Crippen molar-refractivity contribution in [1.29, 1.82) is 0 Å². The summed E-state index contributed by atoms with van der Waals surface area (Å²) in [4.78, 5) is 0. The largest absolute Gasteiger partial charge is 0.497 e. The Bertz CT molecular complexity index is 1140. The maximum absolute atomic E-state index is 6.61. The highest BCUT2D eigenvalue weighted by Crippen LogP contribution is 2.54. The first-order chi connectivity index (χ1) is 15.6. The van der Waals surface area contributed by atoms with Gasteiger partial charge >= 0.3 is 0 Å². The minimum Gasteiger partial charge on any atom is -0.497 e. The van der Waals surface area contributed by atoms with Gasteiger partial charge in [-0.2, -0.15) is 0 Å². The Kier molecular flexibility index (Phi) is 6.18. The molecule has 0 radical (unpaired) electrons. The molecule has 1 atom stereocenters. The van der Waals surface area contributed by atoms with Crippen LogP contribution in [0.15, 0.2) is 48.5 Å². The van der Waals surface area contributed by atoms with Gasteiger partial charge in [0.15, 0.2) is 0 Å². The van der Waals surface area contributed by atoms with Gasteiger partial charge in [0.25, 0.3) is 0 Å². The fourth-order valence-electron chi connectivity index (χ4n) is 5.00. The van der Waals surface area contributed by atoms with Gasteiger partial charge in [-0.15, -0.1) is 0 Å². The molecule has 0 saturated heterocycles. The molecule has 1 aliphatic heterocycles. The van der Waals surface area contributed by atoms with E-state index < -0.39 is 0 Å². The van der Waals surface area contributed by atoms with E-state index in [0.717, 1.165) is 33.9 Å². The summed E-state index contributed by atoms with van der Waals surface area (Å²) < 4.78 is 18.3. The van der Waals surface area contributed by atoms with E-state index in [1.807, 2.05) is 12.1 Å². The summed E-state index contributed by atoms with van der Waals surface area (Å²) in [5, 5.41) is 0. The summed E-state index contributed by atoms with van der Waals surface area (Å²) in [6, 6.07) is 17.1. The third-order valence-electron chi connectivity index (χ3n) is 7.06. The second-order valence-electron chi connectivity index (χ2n) is 10.0. The Morgan fingerprint density at radius 3 is 2.09 bits per heavy atom. The molecule has 0 N–H and O–H groups in total. The van der Waals surface area contributed by atoms with Gasteiger partial charge < -0.3 is 14.2 Å².